The van der Waals surface area contributed by atoms with Crippen molar-refractivity contribution in [3.63, 3.8) is 0 Å². The molecule has 1 aliphatic heterocycles. The van der Waals surface area contributed by atoms with Gasteiger partial charge in [0.05, 0.1) is 0 Å². The molecule has 94 valence electrons. The van der Waals surface area contributed by atoms with Crippen molar-refractivity contribution >= 4 is 5.82 Å². The van der Waals surface area contributed by atoms with Crippen molar-refractivity contribution < 1.29 is 4.39 Å². The molecule has 0 aliphatic carbocycles. The average molecular weight is 237 g/mol. The summed E-state index contributed by atoms with van der Waals surface area (Å²) in [4.78, 5) is 6.27. The second-order valence-corrected chi connectivity index (χ2v) is 4.60. The van der Waals surface area contributed by atoms with Gasteiger partial charge in [0.1, 0.15) is 5.82 Å². The third-order valence-electron chi connectivity index (χ3n) is 3.44. The Balaban J connectivity index is 1.76. The summed E-state index contributed by atoms with van der Waals surface area (Å²) in [5.41, 5.74) is 0. The van der Waals surface area contributed by atoms with E-state index in [-0.39, 0.29) is 0 Å². The van der Waals surface area contributed by atoms with Crippen molar-refractivity contribution in [2.75, 3.05) is 31.5 Å². The standard InChI is InChI=1S/C13H20FN3/c1-2-17-8-6-11(7-9-17)10-15-13-5-3-4-12(14)16-13/h3-5,11H,2,6-10H2,1H3,(H,15,16). The highest BCUT2D eigenvalue weighted by Crippen LogP contribution is 2.17. The zero-order chi connectivity index (χ0) is 12.1. The molecule has 1 aromatic heterocycles. The van der Waals surface area contributed by atoms with Gasteiger partial charge in [0, 0.05) is 6.54 Å². The van der Waals surface area contributed by atoms with Crippen LogP contribution in [0.5, 0.6) is 0 Å². The third kappa shape index (κ3) is 3.66. The van der Waals surface area contributed by atoms with Gasteiger partial charge >= 0.3 is 0 Å². The molecular formula is C13H20FN3. The maximum atomic E-state index is 12.9. The van der Waals surface area contributed by atoms with Crippen LogP contribution in [-0.4, -0.2) is 36.1 Å². The first-order chi connectivity index (χ1) is 8.28. The molecule has 17 heavy (non-hydrogen) atoms. The fraction of sp³-hybridized carbons (Fsp3) is 0.615. The highest BCUT2D eigenvalue weighted by molar-refractivity contribution is 5.33. The lowest BCUT2D eigenvalue weighted by molar-refractivity contribution is 0.198. The zero-order valence-corrected chi connectivity index (χ0v) is 10.3. The minimum Gasteiger partial charge on any atom is -0.370 e. The first kappa shape index (κ1) is 12.3. The van der Waals surface area contributed by atoms with Crippen molar-refractivity contribution in [2.24, 2.45) is 5.92 Å². The van der Waals surface area contributed by atoms with Crippen LogP contribution in [0.4, 0.5) is 10.2 Å². The van der Waals surface area contributed by atoms with Crippen LogP contribution in [-0.2, 0) is 0 Å². The molecule has 2 heterocycles. The molecule has 1 saturated heterocycles. The Labute approximate surface area is 102 Å². The number of nitrogens with zero attached hydrogens (tertiary/aromatic N) is 2. The normalized spacial score (nSPS) is 18.2. The van der Waals surface area contributed by atoms with Gasteiger partial charge < -0.3 is 10.2 Å². The number of nitrogens with one attached hydrogen (secondary N) is 1. The van der Waals surface area contributed by atoms with E-state index in [0.29, 0.717) is 11.7 Å². The number of likely N-dealkylation sites (tertiary alicyclic amines) is 1. The van der Waals surface area contributed by atoms with Gasteiger partial charge in [-0.15, -0.1) is 0 Å². The minimum absolute atomic E-state index is 0.421. The lowest BCUT2D eigenvalue weighted by atomic mass is 9.97. The van der Waals surface area contributed by atoms with Crippen molar-refractivity contribution in [3.05, 3.63) is 24.1 Å². The summed E-state index contributed by atoms with van der Waals surface area (Å²) in [6.45, 7) is 6.60. The second-order valence-electron chi connectivity index (χ2n) is 4.60. The topological polar surface area (TPSA) is 28.2 Å². The molecule has 0 amide bonds. The second kappa shape index (κ2) is 5.96. The largest absolute Gasteiger partial charge is 0.370 e. The van der Waals surface area contributed by atoms with E-state index in [0.717, 1.165) is 13.1 Å². The molecule has 2 rings (SSSR count). The Morgan fingerprint density at radius 1 is 1.41 bits per heavy atom. The van der Waals surface area contributed by atoms with Gasteiger partial charge in [-0.2, -0.15) is 4.39 Å². The quantitative estimate of drug-likeness (QED) is 0.815. The van der Waals surface area contributed by atoms with Crippen LogP contribution >= 0.6 is 0 Å². The SMILES string of the molecule is CCN1CCC(CNc2cccc(F)n2)CC1. The van der Waals surface area contributed by atoms with E-state index in [2.05, 4.69) is 22.1 Å². The van der Waals surface area contributed by atoms with E-state index < -0.39 is 5.95 Å². The van der Waals surface area contributed by atoms with Crippen molar-refractivity contribution in [3.8, 4) is 0 Å². The Kier molecular flexibility index (Phi) is 4.31. The Morgan fingerprint density at radius 2 is 2.18 bits per heavy atom. The lowest BCUT2D eigenvalue weighted by Gasteiger charge is -2.31. The van der Waals surface area contributed by atoms with Crippen LogP contribution in [0.2, 0.25) is 0 Å². The first-order valence-corrected chi connectivity index (χ1v) is 6.36. The van der Waals surface area contributed by atoms with Gasteiger partial charge in [-0.05, 0) is 50.5 Å². The van der Waals surface area contributed by atoms with E-state index in [1.54, 1.807) is 6.07 Å². The van der Waals surface area contributed by atoms with Crippen LogP contribution in [0.3, 0.4) is 0 Å². The number of halogens is 1. The fourth-order valence-corrected chi connectivity index (χ4v) is 2.26. The number of aromatic nitrogens is 1. The minimum atomic E-state index is -0.421. The average Bonchev–Trinajstić information content (AvgIpc) is 2.37. The van der Waals surface area contributed by atoms with Crippen molar-refractivity contribution in [1.29, 1.82) is 0 Å². The van der Waals surface area contributed by atoms with E-state index in [1.165, 1.54) is 32.0 Å². The summed E-state index contributed by atoms with van der Waals surface area (Å²) in [7, 11) is 0. The maximum absolute atomic E-state index is 12.9. The Hall–Kier alpha value is -1.16. The van der Waals surface area contributed by atoms with Gasteiger partial charge in [0.25, 0.3) is 0 Å². The molecule has 0 bridgehead atoms. The van der Waals surface area contributed by atoms with E-state index >= 15 is 0 Å². The summed E-state index contributed by atoms with van der Waals surface area (Å²) < 4.78 is 12.9. The molecule has 0 spiro atoms. The molecule has 1 aliphatic rings. The maximum Gasteiger partial charge on any atom is 0.214 e. The highest BCUT2D eigenvalue weighted by Gasteiger charge is 2.17. The molecule has 0 aromatic carbocycles. The fourth-order valence-electron chi connectivity index (χ4n) is 2.26. The number of hydrogen-bond acceptors (Lipinski definition) is 3. The van der Waals surface area contributed by atoms with Crippen LogP contribution in [0, 0.1) is 11.9 Å². The summed E-state index contributed by atoms with van der Waals surface area (Å²) in [5, 5.41) is 3.22. The zero-order valence-electron chi connectivity index (χ0n) is 10.3. The molecular weight excluding hydrogens is 217 g/mol. The third-order valence-corrected chi connectivity index (χ3v) is 3.44. The van der Waals surface area contributed by atoms with Crippen LogP contribution in [0.1, 0.15) is 19.8 Å². The molecule has 0 radical (unpaired) electrons. The van der Waals surface area contributed by atoms with Crippen LogP contribution in [0.25, 0.3) is 0 Å². The number of hydrogen-bond donors (Lipinski definition) is 1. The molecule has 1 fully saturated rings. The summed E-state index contributed by atoms with van der Waals surface area (Å²) >= 11 is 0. The molecule has 0 unspecified atom stereocenters. The first-order valence-electron chi connectivity index (χ1n) is 6.36. The molecule has 0 atom stereocenters. The van der Waals surface area contributed by atoms with Crippen LogP contribution in [0.15, 0.2) is 18.2 Å². The number of piperidine rings is 1. The number of anilines is 1. The van der Waals surface area contributed by atoms with E-state index in [4.69, 9.17) is 0 Å². The van der Waals surface area contributed by atoms with Gasteiger partial charge in [-0.3, -0.25) is 0 Å². The van der Waals surface area contributed by atoms with E-state index in [1.807, 2.05) is 6.07 Å². The summed E-state index contributed by atoms with van der Waals surface area (Å²) in [5.74, 6) is 0.904. The number of rotatable bonds is 4. The highest BCUT2D eigenvalue weighted by atomic mass is 19.1. The molecule has 3 nitrogen and oxygen atoms in total. The predicted molar refractivity (Wildman–Crippen MR) is 67.5 cm³/mol. The Morgan fingerprint density at radius 3 is 2.82 bits per heavy atom. The van der Waals surface area contributed by atoms with Crippen molar-refractivity contribution in [2.45, 2.75) is 19.8 Å². The lowest BCUT2D eigenvalue weighted by Crippen LogP contribution is -2.35. The van der Waals surface area contributed by atoms with Gasteiger partial charge in [0.15, 0.2) is 0 Å². The van der Waals surface area contributed by atoms with Crippen molar-refractivity contribution in [1.82, 2.24) is 9.88 Å². The predicted octanol–water partition coefficient (Wildman–Crippen LogP) is 2.36. The Bertz CT molecular complexity index is 348. The van der Waals surface area contributed by atoms with Gasteiger partial charge in [0.2, 0.25) is 5.95 Å². The smallest absolute Gasteiger partial charge is 0.214 e. The number of pyridine rings is 1. The molecule has 4 heteroatoms. The molecule has 0 saturated carbocycles. The van der Waals surface area contributed by atoms with E-state index in [9.17, 15) is 4.39 Å². The summed E-state index contributed by atoms with van der Waals surface area (Å²) in [6.07, 6.45) is 2.44. The van der Waals surface area contributed by atoms with Gasteiger partial charge in [-0.1, -0.05) is 13.0 Å². The van der Waals surface area contributed by atoms with Gasteiger partial charge in [-0.25, -0.2) is 4.98 Å². The van der Waals surface area contributed by atoms with Crippen LogP contribution < -0.4 is 5.32 Å². The summed E-state index contributed by atoms with van der Waals surface area (Å²) in [6, 6.07) is 4.86. The monoisotopic (exact) mass is 237 g/mol. The molecule has 1 N–H and O–H groups in total. The molecule has 1 aromatic rings.